The number of rotatable bonds is 5. The van der Waals surface area contributed by atoms with Crippen molar-refractivity contribution in [3.63, 3.8) is 0 Å². The third-order valence-electron chi connectivity index (χ3n) is 3.42. The Bertz CT molecular complexity index is 625. The van der Waals surface area contributed by atoms with Crippen molar-refractivity contribution < 1.29 is 14.2 Å². The molecule has 0 aliphatic rings. The summed E-state index contributed by atoms with van der Waals surface area (Å²) in [5, 5.41) is 0. The average Bonchev–Trinajstić information content (AvgIpc) is 2.53. The molecule has 0 bridgehead atoms. The molecule has 0 saturated heterocycles. The van der Waals surface area contributed by atoms with Gasteiger partial charge in [0.15, 0.2) is 0 Å². The minimum Gasteiger partial charge on any atom is -0.497 e. The monoisotopic (exact) mass is 350 g/mol. The third kappa shape index (κ3) is 3.32. The van der Waals surface area contributed by atoms with Crippen molar-refractivity contribution in [2.75, 3.05) is 21.3 Å². The van der Waals surface area contributed by atoms with E-state index in [1.165, 1.54) is 0 Å². The van der Waals surface area contributed by atoms with Crippen LogP contribution in [0, 0.1) is 6.92 Å². The van der Waals surface area contributed by atoms with Gasteiger partial charge in [0.25, 0.3) is 0 Å². The lowest BCUT2D eigenvalue weighted by atomic mass is 10.0. The van der Waals surface area contributed by atoms with Crippen LogP contribution < -0.4 is 14.2 Å². The Balaban J connectivity index is 2.43. The molecule has 4 heteroatoms. The number of benzene rings is 2. The van der Waals surface area contributed by atoms with Gasteiger partial charge in [0.1, 0.15) is 17.2 Å². The smallest absolute Gasteiger partial charge is 0.123 e. The second-order valence-corrected chi connectivity index (χ2v) is 5.62. The molecule has 0 aromatic heterocycles. The highest BCUT2D eigenvalue weighted by Gasteiger charge is 2.17. The number of methoxy groups -OCH3 is 3. The van der Waals surface area contributed by atoms with Gasteiger partial charge in [0, 0.05) is 5.56 Å². The standard InChI is InChI=1S/C17H19BrO3/c1-11-9-12(5-7-15(11)20-3)17(18)14-10-13(19-2)6-8-16(14)21-4/h5-10,17H,1-4H3. The van der Waals surface area contributed by atoms with E-state index in [1.54, 1.807) is 21.3 Å². The Morgan fingerprint density at radius 2 is 1.52 bits per heavy atom. The molecule has 0 heterocycles. The summed E-state index contributed by atoms with van der Waals surface area (Å²) in [7, 11) is 5.01. The zero-order valence-corrected chi connectivity index (χ0v) is 14.2. The van der Waals surface area contributed by atoms with Crippen LogP contribution in [0.4, 0.5) is 0 Å². The fourth-order valence-corrected chi connectivity index (χ4v) is 2.92. The van der Waals surface area contributed by atoms with Crippen LogP contribution >= 0.6 is 15.9 Å². The molecule has 0 fully saturated rings. The lowest BCUT2D eigenvalue weighted by molar-refractivity contribution is 0.399. The summed E-state index contributed by atoms with van der Waals surface area (Å²) in [5.74, 6) is 2.52. The van der Waals surface area contributed by atoms with Crippen molar-refractivity contribution in [3.05, 3.63) is 53.1 Å². The molecular formula is C17H19BrO3. The summed E-state index contributed by atoms with van der Waals surface area (Å²) in [5.41, 5.74) is 3.27. The molecule has 1 unspecified atom stereocenters. The van der Waals surface area contributed by atoms with Crippen LogP contribution in [0.3, 0.4) is 0 Å². The molecule has 0 spiro atoms. The summed E-state index contributed by atoms with van der Waals surface area (Å²) >= 11 is 3.75. The van der Waals surface area contributed by atoms with E-state index in [0.29, 0.717) is 0 Å². The number of halogens is 1. The van der Waals surface area contributed by atoms with Crippen LogP contribution in [0.15, 0.2) is 36.4 Å². The molecule has 0 saturated carbocycles. The lowest BCUT2D eigenvalue weighted by Gasteiger charge is -2.17. The van der Waals surface area contributed by atoms with Gasteiger partial charge in [-0.2, -0.15) is 0 Å². The van der Waals surface area contributed by atoms with E-state index in [4.69, 9.17) is 14.2 Å². The van der Waals surface area contributed by atoms with Gasteiger partial charge < -0.3 is 14.2 Å². The Morgan fingerprint density at radius 3 is 2.10 bits per heavy atom. The van der Waals surface area contributed by atoms with E-state index in [1.807, 2.05) is 37.3 Å². The highest BCUT2D eigenvalue weighted by atomic mass is 79.9. The van der Waals surface area contributed by atoms with E-state index >= 15 is 0 Å². The van der Waals surface area contributed by atoms with Crippen LogP contribution in [0.5, 0.6) is 17.2 Å². The molecule has 2 aromatic carbocycles. The summed E-state index contributed by atoms with van der Waals surface area (Å²) in [6, 6.07) is 11.9. The zero-order chi connectivity index (χ0) is 15.4. The maximum Gasteiger partial charge on any atom is 0.123 e. The number of hydrogen-bond acceptors (Lipinski definition) is 3. The first-order valence-electron chi connectivity index (χ1n) is 6.61. The van der Waals surface area contributed by atoms with E-state index in [2.05, 4.69) is 22.0 Å². The van der Waals surface area contributed by atoms with E-state index < -0.39 is 0 Å². The van der Waals surface area contributed by atoms with Crippen molar-refractivity contribution in [2.45, 2.75) is 11.8 Å². The Hall–Kier alpha value is -1.68. The maximum absolute atomic E-state index is 5.45. The molecule has 0 aliphatic carbocycles. The fourth-order valence-electron chi connectivity index (χ4n) is 2.28. The van der Waals surface area contributed by atoms with Gasteiger partial charge in [0.05, 0.1) is 26.2 Å². The topological polar surface area (TPSA) is 27.7 Å². The minimum absolute atomic E-state index is 0.0205. The van der Waals surface area contributed by atoms with Crippen LogP contribution in [0.1, 0.15) is 21.5 Å². The number of alkyl halides is 1. The molecule has 21 heavy (non-hydrogen) atoms. The Labute approximate surface area is 134 Å². The second kappa shape index (κ2) is 6.85. The predicted molar refractivity (Wildman–Crippen MR) is 88.0 cm³/mol. The molecule has 0 N–H and O–H groups in total. The van der Waals surface area contributed by atoms with Gasteiger partial charge in [-0.05, 0) is 42.3 Å². The minimum atomic E-state index is 0.0205. The third-order valence-corrected chi connectivity index (χ3v) is 4.44. The van der Waals surface area contributed by atoms with Crippen LogP contribution in [0.2, 0.25) is 0 Å². The van der Waals surface area contributed by atoms with E-state index in [9.17, 15) is 0 Å². The molecular weight excluding hydrogens is 332 g/mol. The molecule has 112 valence electrons. The zero-order valence-electron chi connectivity index (χ0n) is 12.6. The molecule has 0 aliphatic heterocycles. The summed E-state index contributed by atoms with van der Waals surface area (Å²) in [6.07, 6.45) is 0. The van der Waals surface area contributed by atoms with Gasteiger partial charge >= 0.3 is 0 Å². The number of ether oxygens (including phenoxy) is 3. The largest absolute Gasteiger partial charge is 0.497 e. The average molecular weight is 351 g/mol. The van der Waals surface area contributed by atoms with Crippen LogP contribution in [-0.2, 0) is 0 Å². The molecule has 2 rings (SSSR count). The summed E-state index contributed by atoms with van der Waals surface area (Å²) < 4.78 is 16.1. The predicted octanol–water partition coefficient (Wildman–Crippen LogP) is 4.51. The molecule has 2 aromatic rings. The molecule has 1 atom stereocenters. The molecule has 0 amide bonds. The van der Waals surface area contributed by atoms with Gasteiger partial charge in [0.2, 0.25) is 0 Å². The van der Waals surface area contributed by atoms with E-state index in [0.717, 1.165) is 33.9 Å². The number of aryl methyl sites for hydroxylation is 1. The maximum atomic E-state index is 5.45. The lowest BCUT2D eigenvalue weighted by Crippen LogP contribution is -1.99. The van der Waals surface area contributed by atoms with Crippen molar-refractivity contribution in [3.8, 4) is 17.2 Å². The summed E-state index contributed by atoms with van der Waals surface area (Å²) in [4.78, 5) is 0.0205. The highest BCUT2D eigenvalue weighted by molar-refractivity contribution is 9.09. The fraction of sp³-hybridized carbons (Fsp3) is 0.294. The van der Waals surface area contributed by atoms with Gasteiger partial charge in [-0.3, -0.25) is 0 Å². The first-order valence-corrected chi connectivity index (χ1v) is 7.52. The Kier molecular flexibility index (Phi) is 5.12. The first-order chi connectivity index (χ1) is 10.1. The molecule has 3 nitrogen and oxygen atoms in total. The van der Waals surface area contributed by atoms with Gasteiger partial charge in [-0.15, -0.1) is 0 Å². The SMILES string of the molecule is COc1ccc(OC)c(C(Br)c2ccc(OC)c(C)c2)c1. The highest BCUT2D eigenvalue weighted by Crippen LogP contribution is 2.39. The van der Waals surface area contributed by atoms with Crippen LogP contribution in [-0.4, -0.2) is 21.3 Å². The normalized spacial score (nSPS) is 11.9. The Morgan fingerprint density at radius 1 is 0.857 bits per heavy atom. The number of hydrogen-bond donors (Lipinski definition) is 0. The van der Waals surface area contributed by atoms with Crippen molar-refractivity contribution in [1.29, 1.82) is 0 Å². The van der Waals surface area contributed by atoms with Gasteiger partial charge in [-0.1, -0.05) is 28.1 Å². The van der Waals surface area contributed by atoms with Crippen LogP contribution in [0.25, 0.3) is 0 Å². The quantitative estimate of drug-likeness (QED) is 0.742. The molecule has 0 radical (unpaired) electrons. The van der Waals surface area contributed by atoms with Crippen molar-refractivity contribution in [2.24, 2.45) is 0 Å². The van der Waals surface area contributed by atoms with Crippen molar-refractivity contribution in [1.82, 2.24) is 0 Å². The van der Waals surface area contributed by atoms with E-state index in [-0.39, 0.29) is 4.83 Å². The second-order valence-electron chi connectivity index (χ2n) is 4.70. The van der Waals surface area contributed by atoms with Crippen molar-refractivity contribution >= 4 is 15.9 Å². The van der Waals surface area contributed by atoms with Gasteiger partial charge in [-0.25, -0.2) is 0 Å². The first kappa shape index (κ1) is 15.7. The summed E-state index contributed by atoms with van der Waals surface area (Å²) in [6.45, 7) is 2.03.